The van der Waals surface area contributed by atoms with Crippen LogP contribution < -0.4 is 11.1 Å². The van der Waals surface area contributed by atoms with E-state index in [2.05, 4.69) is 43.4 Å². The van der Waals surface area contributed by atoms with E-state index in [1.807, 2.05) is 0 Å². The van der Waals surface area contributed by atoms with E-state index >= 15 is 0 Å². The lowest BCUT2D eigenvalue weighted by molar-refractivity contribution is -0.122. The van der Waals surface area contributed by atoms with Crippen LogP contribution in [-0.2, 0) is 17.6 Å². The lowest BCUT2D eigenvalue weighted by atomic mass is 9.84. The SMILES string of the molecule is CC(C)(CCN)CCC(=O)NC1Cc2ccccc2C1. The van der Waals surface area contributed by atoms with Crippen LogP contribution in [-0.4, -0.2) is 18.5 Å². The molecule has 110 valence electrons. The molecule has 3 heteroatoms. The van der Waals surface area contributed by atoms with Crippen molar-refractivity contribution < 1.29 is 4.79 Å². The molecule has 1 aliphatic rings. The van der Waals surface area contributed by atoms with E-state index in [0.29, 0.717) is 13.0 Å². The van der Waals surface area contributed by atoms with Gasteiger partial charge in [-0.15, -0.1) is 0 Å². The quantitative estimate of drug-likeness (QED) is 0.837. The van der Waals surface area contributed by atoms with E-state index in [9.17, 15) is 4.79 Å². The molecule has 1 aliphatic carbocycles. The van der Waals surface area contributed by atoms with Crippen molar-refractivity contribution in [2.75, 3.05) is 6.54 Å². The van der Waals surface area contributed by atoms with E-state index < -0.39 is 0 Å². The number of hydrogen-bond acceptors (Lipinski definition) is 2. The molecule has 0 unspecified atom stereocenters. The molecule has 1 amide bonds. The summed E-state index contributed by atoms with van der Waals surface area (Å²) in [6, 6.07) is 8.73. The van der Waals surface area contributed by atoms with Crippen LogP contribution in [0.2, 0.25) is 0 Å². The van der Waals surface area contributed by atoms with Gasteiger partial charge < -0.3 is 11.1 Å². The topological polar surface area (TPSA) is 55.1 Å². The van der Waals surface area contributed by atoms with E-state index in [4.69, 9.17) is 5.73 Å². The summed E-state index contributed by atoms with van der Waals surface area (Å²) >= 11 is 0. The molecular weight excluding hydrogens is 248 g/mol. The van der Waals surface area contributed by atoms with Crippen LogP contribution >= 0.6 is 0 Å². The highest BCUT2D eigenvalue weighted by Crippen LogP contribution is 2.26. The number of amides is 1. The van der Waals surface area contributed by atoms with Gasteiger partial charge in [0.2, 0.25) is 5.91 Å². The average Bonchev–Trinajstić information content (AvgIpc) is 2.78. The van der Waals surface area contributed by atoms with Gasteiger partial charge in [0.15, 0.2) is 0 Å². The monoisotopic (exact) mass is 274 g/mol. The van der Waals surface area contributed by atoms with E-state index in [0.717, 1.165) is 25.7 Å². The highest BCUT2D eigenvalue weighted by molar-refractivity contribution is 5.76. The van der Waals surface area contributed by atoms with Gasteiger partial charge >= 0.3 is 0 Å². The fourth-order valence-corrected chi connectivity index (χ4v) is 2.93. The Morgan fingerprint density at radius 3 is 2.40 bits per heavy atom. The molecule has 0 bridgehead atoms. The van der Waals surface area contributed by atoms with Crippen LogP contribution in [0.25, 0.3) is 0 Å². The molecule has 0 heterocycles. The maximum Gasteiger partial charge on any atom is 0.220 e. The summed E-state index contributed by atoms with van der Waals surface area (Å²) in [5, 5.41) is 3.17. The summed E-state index contributed by atoms with van der Waals surface area (Å²) in [6.45, 7) is 5.05. The number of benzene rings is 1. The highest BCUT2D eigenvalue weighted by atomic mass is 16.1. The van der Waals surface area contributed by atoms with Crippen LogP contribution in [0.4, 0.5) is 0 Å². The first-order valence-corrected chi connectivity index (χ1v) is 7.56. The molecule has 0 spiro atoms. The Morgan fingerprint density at radius 1 is 1.25 bits per heavy atom. The Balaban J connectivity index is 1.77. The van der Waals surface area contributed by atoms with Gasteiger partial charge in [0.1, 0.15) is 0 Å². The van der Waals surface area contributed by atoms with Gasteiger partial charge in [0.25, 0.3) is 0 Å². The first kappa shape index (κ1) is 15.0. The molecule has 3 N–H and O–H groups in total. The molecule has 0 fully saturated rings. The van der Waals surface area contributed by atoms with Crippen molar-refractivity contribution in [1.82, 2.24) is 5.32 Å². The summed E-state index contributed by atoms with van der Waals surface area (Å²) in [5.41, 5.74) is 8.51. The smallest absolute Gasteiger partial charge is 0.220 e. The fraction of sp³-hybridized carbons (Fsp3) is 0.588. The maximum atomic E-state index is 12.1. The van der Waals surface area contributed by atoms with Gasteiger partial charge in [-0.2, -0.15) is 0 Å². The number of hydrogen-bond donors (Lipinski definition) is 2. The molecule has 20 heavy (non-hydrogen) atoms. The number of carbonyl (C=O) groups excluding carboxylic acids is 1. The molecule has 0 atom stereocenters. The Hall–Kier alpha value is -1.35. The van der Waals surface area contributed by atoms with Crippen molar-refractivity contribution in [2.24, 2.45) is 11.1 Å². The molecule has 0 radical (unpaired) electrons. The predicted molar refractivity (Wildman–Crippen MR) is 82.5 cm³/mol. The first-order chi connectivity index (χ1) is 9.50. The van der Waals surface area contributed by atoms with E-state index in [-0.39, 0.29) is 17.4 Å². The van der Waals surface area contributed by atoms with Crippen molar-refractivity contribution in [3.8, 4) is 0 Å². The molecule has 0 saturated heterocycles. The maximum absolute atomic E-state index is 12.1. The van der Waals surface area contributed by atoms with Crippen molar-refractivity contribution in [3.63, 3.8) is 0 Å². The minimum Gasteiger partial charge on any atom is -0.353 e. The molecule has 2 rings (SSSR count). The second kappa shape index (κ2) is 6.40. The summed E-state index contributed by atoms with van der Waals surface area (Å²) in [5.74, 6) is 0.174. The zero-order chi connectivity index (χ0) is 14.6. The minimum atomic E-state index is 0.157. The van der Waals surface area contributed by atoms with Gasteiger partial charge in [-0.1, -0.05) is 38.1 Å². The second-order valence-corrected chi connectivity index (χ2v) is 6.64. The Labute approximate surface area is 121 Å². The lowest BCUT2D eigenvalue weighted by Gasteiger charge is -2.23. The third-order valence-corrected chi connectivity index (χ3v) is 4.27. The standard InChI is InChI=1S/C17H26N2O/c1-17(2,9-10-18)8-7-16(20)19-15-11-13-5-3-4-6-14(13)12-15/h3-6,15H,7-12,18H2,1-2H3,(H,19,20). The summed E-state index contributed by atoms with van der Waals surface area (Å²) in [7, 11) is 0. The molecule has 3 nitrogen and oxygen atoms in total. The van der Waals surface area contributed by atoms with Gasteiger partial charge in [-0.05, 0) is 48.8 Å². The average molecular weight is 274 g/mol. The predicted octanol–water partition coefficient (Wildman–Crippen LogP) is 2.43. The van der Waals surface area contributed by atoms with Crippen LogP contribution in [0.1, 0.15) is 44.2 Å². The first-order valence-electron chi connectivity index (χ1n) is 7.56. The third kappa shape index (κ3) is 4.07. The van der Waals surface area contributed by atoms with Crippen LogP contribution in [0.3, 0.4) is 0 Å². The fourth-order valence-electron chi connectivity index (χ4n) is 2.93. The van der Waals surface area contributed by atoms with Crippen molar-refractivity contribution in [1.29, 1.82) is 0 Å². The van der Waals surface area contributed by atoms with E-state index in [1.54, 1.807) is 0 Å². The van der Waals surface area contributed by atoms with Gasteiger partial charge in [0.05, 0.1) is 0 Å². The molecule has 1 aromatic carbocycles. The largest absolute Gasteiger partial charge is 0.353 e. The van der Waals surface area contributed by atoms with Crippen molar-refractivity contribution in [2.45, 2.75) is 52.0 Å². The molecule has 0 aliphatic heterocycles. The van der Waals surface area contributed by atoms with Gasteiger partial charge in [-0.25, -0.2) is 0 Å². The minimum absolute atomic E-state index is 0.157. The molecular formula is C17H26N2O. The van der Waals surface area contributed by atoms with E-state index in [1.165, 1.54) is 11.1 Å². The molecule has 0 saturated carbocycles. The lowest BCUT2D eigenvalue weighted by Crippen LogP contribution is -2.35. The number of fused-ring (bicyclic) bond motifs is 1. The van der Waals surface area contributed by atoms with Crippen molar-refractivity contribution in [3.05, 3.63) is 35.4 Å². The Bertz CT molecular complexity index is 443. The molecule has 1 aromatic rings. The number of nitrogens with two attached hydrogens (primary N) is 1. The van der Waals surface area contributed by atoms with Gasteiger partial charge in [-0.3, -0.25) is 4.79 Å². The summed E-state index contributed by atoms with van der Waals surface area (Å²) in [6.07, 6.45) is 4.40. The number of carbonyl (C=O) groups is 1. The molecule has 0 aromatic heterocycles. The van der Waals surface area contributed by atoms with Crippen LogP contribution in [0.5, 0.6) is 0 Å². The zero-order valence-corrected chi connectivity index (χ0v) is 12.6. The Kier molecular flexibility index (Phi) is 4.81. The summed E-state index contributed by atoms with van der Waals surface area (Å²) in [4.78, 5) is 12.1. The number of nitrogens with one attached hydrogen (secondary N) is 1. The zero-order valence-electron chi connectivity index (χ0n) is 12.6. The van der Waals surface area contributed by atoms with Crippen LogP contribution in [0, 0.1) is 5.41 Å². The second-order valence-electron chi connectivity index (χ2n) is 6.64. The van der Waals surface area contributed by atoms with Crippen LogP contribution in [0.15, 0.2) is 24.3 Å². The highest BCUT2D eigenvalue weighted by Gasteiger charge is 2.23. The normalized spacial score (nSPS) is 15.2. The summed E-state index contributed by atoms with van der Waals surface area (Å²) < 4.78 is 0. The van der Waals surface area contributed by atoms with Gasteiger partial charge in [0, 0.05) is 12.5 Å². The van der Waals surface area contributed by atoms with Crippen molar-refractivity contribution >= 4 is 5.91 Å². The number of rotatable bonds is 6. The Morgan fingerprint density at radius 2 is 1.85 bits per heavy atom. The third-order valence-electron chi connectivity index (χ3n) is 4.27.